The van der Waals surface area contributed by atoms with E-state index in [0.29, 0.717) is 0 Å². The second kappa shape index (κ2) is 5.95. The predicted molar refractivity (Wildman–Crippen MR) is 73.5 cm³/mol. The van der Waals surface area contributed by atoms with E-state index in [-0.39, 0.29) is 12.1 Å². The van der Waals surface area contributed by atoms with Crippen molar-refractivity contribution in [3.05, 3.63) is 46.4 Å². The molecule has 1 heterocycles. The van der Waals surface area contributed by atoms with Gasteiger partial charge in [-0.25, -0.2) is 5.43 Å². The molecule has 0 saturated heterocycles. The Morgan fingerprint density at radius 3 is 2.50 bits per heavy atom. The number of nitrogens with one attached hydrogen (secondary N) is 1. The van der Waals surface area contributed by atoms with Crippen molar-refractivity contribution in [3.63, 3.8) is 0 Å². The van der Waals surface area contributed by atoms with Crippen molar-refractivity contribution in [2.45, 2.75) is 26.0 Å². The number of ether oxygens (including phenoxy) is 1. The minimum Gasteiger partial charge on any atom is -0.491 e. The van der Waals surface area contributed by atoms with Gasteiger partial charge in [-0.15, -0.1) is 11.3 Å². The first-order chi connectivity index (χ1) is 8.70. The Kier molecular flexibility index (Phi) is 4.30. The van der Waals surface area contributed by atoms with E-state index < -0.39 is 0 Å². The van der Waals surface area contributed by atoms with Crippen LogP contribution in [0.4, 0.5) is 0 Å². The van der Waals surface area contributed by atoms with Crippen LogP contribution in [-0.2, 0) is 0 Å². The van der Waals surface area contributed by atoms with Crippen molar-refractivity contribution < 1.29 is 4.74 Å². The molecule has 0 spiro atoms. The van der Waals surface area contributed by atoms with E-state index in [1.54, 1.807) is 16.8 Å². The number of aromatic nitrogens is 1. The van der Waals surface area contributed by atoms with Gasteiger partial charge in [-0.3, -0.25) is 10.8 Å². The minimum absolute atomic E-state index is 0.0226. The van der Waals surface area contributed by atoms with Crippen molar-refractivity contribution in [1.29, 1.82) is 0 Å². The third kappa shape index (κ3) is 3.07. The van der Waals surface area contributed by atoms with Crippen LogP contribution in [0.5, 0.6) is 5.75 Å². The summed E-state index contributed by atoms with van der Waals surface area (Å²) in [7, 11) is 0. The molecule has 3 N–H and O–H groups in total. The van der Waals surface area contributed by atoms with Gasteiger partial charge in [0.05, 0.1) is 17.7 Å². The molecule has 1 aromatic carbocycles. The van der Waals surface area contributed by atoms with Gasteiger partial charge in [-0.1, -0.05) is 12.1 Å². The Bertz CT molecular complexity index is 467. The molecular formula is C13H17N3OS. The van der Waals surface area contributed by atoms with Gasteiger partial charge in [0.25, 0.3) is 0 Å². The molecule has 96 valence electrons. The van der Waals surface area contributed by atoms with Crippen LogP contribution in [0.3, 0.4) is 0 Å². The number of thiazole rings is 1. The number of hydrazine groups is 1. The Labute approximate surface area is 111 Å². The normalized spacial score (nSPS) is 12.7. The van der Waals surface area contributed by atoms with Gasteiger partial charge in [-0.05, 0) is 31.5 Å². The lowest BCUT2D eigenvalue weighted by Crippen LogP contribution is -2.28. The number of hydrogen-bond donors (Lipinski definition) is 2. The van der Waals surface area contributed by atoms with Crippen molar-refractivity contribution >= 4 is 11.3 Å². The number of rotatable bonds is 5. The number of hydrogen-bond acceptors (Lipinski definition) is 5. The summed E-state index contributed by atoms with van der Waals surface area (Å²) in [6.07, 6.45) is 2.01. The third-order valence-electron chi connectivity index (χ3n) is 2.49. The highest BCUT2D eigenvalue weighted by Gasteiger charge is 2.13. The Morgan fingerprint density at radius 2 is 2.00 bits per heavy atom. The number of nitrogens with zero attached hydrogens (tertiary/aromatic N) is 1. The monoisotopic (exact) mass is 263 g/mol. The van der Waals surface area contributed by atoms with E-state index in [4.69, 9.17) is 10.6 Å². The molecule has 0 amide bonds. The standard InChI is InChI=1S/C13H17N3OS/c1-9(2)17-11-5-3-10(4-6-11)13(16-14)12-7-15-8-18-12/h3-9,13,16H,14H2,1-2H3. The molecular weight excluding hydrogens is 246 g/mol. The van der Waals surface area contributed by atoms with Crippen LogP contribution >= 0.6 is 11.3 Å². The van der Waals surface area contributed by atoms with Crippen LogP contribution in [0.25, 0.3) is 0 Å². The smallest absolute Gasteiger partial charge is 0.119 e. The number of benzene rings is 1. The predicted octanol–water partition coefficient (Wildman–Crippen LogP) is 2.48. The summed E-state index contributed by atoms with van der Waals surface area (Å²) >= 11 is 1.58. The molecule has 0 bridgehead atoms. The maximum Gasteiger partial charge on any atom is 0.119 e. The van der Waals surface area contributed by atoms with Gasteiger partial charge in [0.1, 0.15) is 5.75 Å². The molecule has 4 nitrogen and oxygen atoms in total. The fraction of sp³-hybridized carbons (Fsp3) is 0.308. The van der Waals surface area contributed by atoms with Gasteiger partial charge in [0.2, 0.25) is 0 Å². The molecule has 2 rings (SSSR count). The second-order valence-corrected chi connectivity index (χ2v) is 5.16. The Morgan fingerprint density at radius 1 is 1.28 bits per heavy atom. The van der Waals surface area contributed by atoms with Gasteiger partial charge in [-0.2, -0.15) is 0 Å². The lowest BCUT2D eigenvalue weighted by Gasteiger charge is -2.15. The summed E-state index contributed by atoms with van der Waals surface area (Å²) in [5, 5.41) is 0. The van der Waals surface area contributed by atoms with Crippen LogP contribution in [0.1, 0.15) is 30.3 Å². The van der Waals surface area contributed by atoms with Crippen LogP contribution in [0.15, 0.2) is 36.0 Å². The zero-order chi connectivity index (χ0) is 13.0. The first-order valence-corrected chi connectivity index (χ1v) is 6.70. The molecule has 1 unspecified atom stereocenters. The summed E-state index contributed by atoms with van der Waals surface area (Å²) in [6, 6.07) is 7.93. The van der Waals surface area contributed by atoms with E-state index in [9.17, 15) is 0 Å². The highest BCUT2D eigenvalue weighted by Crippen LogP contribution is 2.25. The van der Waals surface area contributed by atoms with Gasteiger partial charge in [0.15, 0.2) is 0 Å². The lowest BCUT2D eigenvalue weighted by atomic mass is 10.1. The summed E-state index contributed by atoms with van der Waals surface area (Å²) in [5.41, 5.74) is 5.71. The highest BCUT2D eigenvalue weighted by molar-refractivity contribution is 7.09. The average Bonchev–Trinajstić information content (AvgIpc) is 2.85. The summed E-state index contributed by atoms with van der Waals surface area (Å²) in [4.78, 5) is 5.16. The molecule has 18 heavy (non-hydrogen) atoms. The van der Waals surface area contributed by atoms with Gasteiger partial charge in [0, 0.05) is 11.1 Å². The maximum atomic E-state index is 5.61. The quantitative estimate of drug-likeness (QED) is 0.642. The van der Waals surface area contributed by atoms with Crippen LogP contribution in [-0.4, -0.2) is 11.1 Å². The average molecular weight is 263 g/mol. The summed E-state index contributed by atoms with van der Waals surface area (Å²) < 4.78 is 5.61. The zero-order valence-corrected chi connectivity index (χ0v) is 11.3. The fourth-order valence-electron chi connectivity index (χ4n) is 1.72. The van der Waals surface area contributed by atoms with Crippen molar-refractivity contribution in [2.75, 3.05) is 0 Å². The summed E-state index contributed by atoms with van der Waals surface area (Å²) in [5.74, 6) is 6.48. The molecule has 5 heteroatoms. The molecule has 1 aromatic heterocycles. The van der Waals surface area contributed by atoms with Crippen LogP contribution in [0.2, 0.25) is 0 Å². The molecule has 1 atom stereocenters. The summed E-state index contributed by atoms with van der Waals surface area (Å²) in [6.45, 7) is 4.02. The maximum absolute atomic E-state index is 5.61. The molecule has 0 aliphatic carbocycles. The molecule has 0 fully saturated rings. The fourth-order valence-corrected chi connectivity index (χ4v) is 2.43. The zero-order valence-electron chi connectivity index (χ0n) is 10.5. The van der Waals surface area contributed by atoms with Crippen molar-refractivity contribution in [3.8, 4) is 5.75 Å². The topological polar surface area (TPSA) is 60.2 Å². The largest absolute Gasteiger partial charge is 0.491 e. The first-order valence-electron chi connectivity index (χ1n) is 5.82. The van der Waals surface area contributed by atoms with E-state index in [2.05, 4.69) is 10.4 Å². The van der Waals surface area contributed by atoms with E-state index in [1.807, 2.05) is 44.3 Å². The van der Waals surface area contributed by atoms with Gasteiger partial charge < -0.3 is 4.74 Å². The molecule has 0 radical (unpaired) electrons. The van der Waals surface area contributed by atoms with Crippen LogP contribution < -0.4 is 16.0 Å². The molecule has 0 aliphatic rings. The first kappa shape index (κ1) is 13.0. The molecule has 0 aliphatic heterocycles. The Balaban J connectivity index is 2.17. The van der Waals surface area contributed by atoms with E-state index >= 15 is 0 Å². The highest BCUT2D eigenvalue weighted by atomic mass is 32.1. The van der Waals surface area contributed by atoms with E-state index in [1.165, 1.54) is 0 Å². The van der Waals surface area contributed by atoms with E-state index in [0.717, 1.165) is 16.2 Å². The Hall–Kier alpha value is -1.43. The molecule has 2 aromatic rings. The van der Waals surface area contributed by atoms with Crippen molar-refractivity contribution in [1.82, 2.24) is 10.4 Å². The van der Waals surface area contributed by atoms with Gasteiger partial charge >= 0.3 is 0 Å². The van der Waals surface area contributed by atoms with Crippen molar-refractivity contribution in [2.24, 2.45) is 5.84 Å². The lowest BCUT2D eigenvalue weighted by molar-refractivity contribution is 0.242. The second-order valence-electron chi connectivity index (χ2n) is 4.24. The third-order valence-corrected chi connectivity index (χ3v) is 3.33. The SMILES string of the molecule is CC(C)Oc1ccc(C(NN)c2cncs2)cc1. The minimum atomic E-state index is -0.0226. The molecule has 0 saturated carbocycles. The van der Waals surface area contributed by atoms with Crippen LogP contribution in [0, 0.1) is 0 Å². The number of nitrogens with two attached hydrogens (primary N) is 1.